The Balaban J connectivity index is 1.48. The predicted octanol–water partition coefficient (Wildman–Crippen LogP) is 3.83. The monoisotopic (exact) mass is 310 g/mol. The second-order valence-electron chi connectivity index (χ2n) is 5.63. The lowest BCUT2D eigenvalue weighted by atomic mass is 10.1. The standard InChI is InChI=1S/C19H22N2O2/c1-2-8-18(9-3-1)21-20-13-16-6-4-7-17(12-16)14-22-15-19-10-5-11-23-19/h1-4,6-9,12-13,19,21H,5,10-11,14-15H2. The predicted molar refractivity (Wildman–Crippen MR) is 92.7 cm³/mol. The summed E-state index contributed by atoms with van der Waals surface area (Å²) in [6, 6.07) is 18.1. The van der Waals surface area contributed by atoms with Gasteiger partial charge in [0.05, 0.1) is 31.2 Å². The summed E-state index contributed by atoms with van der Waals surface area (Å²) in [6.07, 6.45) is 4.35. The third kappa shape index (κ3) is 5.20. The van der Waals surface area contributed by atoms with E-state index in [0.717, 1.165) is 36.3 Å². The quantitative estimate of drug-likeness (QED) is 0.624. The molecule has 2 aromatic rings. The number of hydrogen-bond acceptors (Lipinski definition) is 4. The normalized spacial score (nSPS) is 17.7. The molecule has 1 saturated heterocycles. The Morgan fingerprint density at radius 3 is 2.91 bits per heavy atom. The number of rotatable bonds is 7. The van der Waals surface area contributed by atoms with E-state index in [1.807, 2.05) is 48.7 Å². The molecule has 120 valence electrons. The van der Waals surface area contributed by atoms with E-state index in [1.54, 1.807) is 0 Å². The van der Waals surface area contributed by atoms with E-state index in [2.05, 4.69) is 22.7 Å². The van der Waals surface area contributed by atoms with Gasteiger partial charge in [0.1, 0.15) is 0 Å². The van der Waals surface area contributed by atoms with Gasteiger partial charge < -0.3 is 9.47 Å². The number of nitrogens with zero attached hydrogens (tertiary/aromatic N) is 1. The first kappa shape index (κ1) is 15.7. The molecule has 1 aliphatic heterocycles. The van der Waals surface area contributed by atoms with E-state index >= 15 is 0 Å². The molecule has 0 aliphatic carbocycles. The second kappa shape index (κ2) is 8.46. The molecule has 0 aromatic heterocycles. The summed E-state index contributed by atoms with van der Waals surface area (Å²) in [5, 5.41) is 4.26. The minimum Gasteiger partial charge on any atom is -0.376 e. The lowest BCUT2D eigenvalue weighted by Gasteiger charge is -2.10. The molecule has 1 unspecified atom stereocenters. The van der Waals surface area contributed by atoms with Gasteiger partial charge in [-0.25, -0.2) is 0 Å². The van der Waals surface area contributed by atoms with Gasteiger partial charge in [0.15, 0.2) is 0 Å². The molecule has 2 aromatic carbocycles. The molecular formula is C19H22N2O2. The lowest BCUT2D eigenvalue weighted by Crippen LogP contribution is -2.13. The summed E-state index contributed by atoms with van der Waals surface area (Å²) < 4.78 is 11.3. The second-order valence-corrected chi connectivity index (χ2v) is 5.63. The molecule has 1 aliphatic rings. The Bertz CT molecular complexity index is 622. The number of ether oxygens (including phenoxy) is 2. The van der Waals surface area contributed by atoms with Crippen molar-refractivity contribution in [3.8, 4) is 0 Å². The lowest BCUT2D eigenvalue weighted by molar-refractivity contribution is 0.0106. The molecular weight excluding hydrogens is 288 g/mol. The van der Waals surface area contributed by atoms with Crippen molar-refractivity contribution in [2.45, 2.75) is 25.6 Å². The third-order valence-corrected chi connectivity index (χ3v) is 3.73. The van der Waals surface area contributed by atoms with Crippen molar-refractivity contribution in [2.24, 2.45) is 5.10 Å². The van der Waals surface area contributed by atoms with Crippen LogP contribution in [-0.2, 0) is 16.1 Å². The summed E-state index contributed by atoms with van der Waals surface area (Å²) >= 11 is 0. The molecule has 1 heterocycles. The first-order valence-electron chi connectivity index (χ1n) is 8.02. The number of anilines is 1. The van der Waals surface area contributed by atoms with Gasteiger partial charge in [0.25, 0.3) is 0 Å². The highest BCUT2D eigenvalue weighted by Gasteiger charge is 2.15. The van der Waals surface area contributed by atoms with Gasteiger partial charge in [-0.15, -0.1) is 0 Å². The van der Waals surface area contributed by atoms with Crippen LogP contribution in [0, 0.1) is 0 Å². The fourth-order valence-electron chi connectivity index (χ4n) is 2.54. The van der Waals surface area contributed by atoms with Crippen LogP contribution in [0.1, 0.15) is 24.0 Å². The van der Waals surface area contributed by atoms with Crippen molar-refractivity contribution < 1.29 is 9.47 Å². The maximum Gasteiger partial charge on any atom is 0.0809 e. The molecule has 1 N–H and O–H groups in total. The Kier molecular flexibility index (Phi) is 5.78. The molecule has 1 fully saturated rings. The zero-order chi connectivity index (χ0) is 15.7. The number of nitrogens with one attached hydrogen (secondary N) is 1. The zero-order valence-corrected chi connectivity index (χ0v) is 13.2. The van der Waals surface area contributed by atoms with E-state index < -0.39 is 0 Å². The summed E-state index contributed by atoms with van der Waals surface area (Å²) in [6.45, 7) is 2.15. The Morgan fingerprint density at radius 2 is 2.09 bits per heavy atom. The molecule has 4 nitrogen and oxygen atoms in total. The first-order valence-corrected chi connectivity index (χ1v) is 8.02. The minimum absolute atomic E-state index is 0.273. The van der Waals surface area contributed by atoms with Crippen LogP contribution in [0.2, 0.25) is 0 Å². The van der Waals surface area contributed by atoms with Gasteiger partial charge in [-0.2, -0.15) is 5.10 Å². The fourth-order valence-corrected chi connectivity index (χ4v) is 2.54. The zero-order valence-electron chi connectivity index (χ0n) is 13.2. The van der Waals surface area contributed by atoms with Crippen LogP contribution >= 0.6 is 0 Å². The van der Waals surface area contributed by atoms with Gasteiger partial charge in [-0.1, -0.05) is 36.4 Å². The van der Waals surface area contributed by atoms with Crippen LogP contribution in [0.4, 0.5) is 5.69 Å². The number of benzene rings is 2. The Hall–Kier alpha value is -2.17. The van der Waals surface area contributed by atoms with Crippen LogP contribution in [0.25, 0.3) is 0 Å². The Labute approximate surface area is 137 Å². The molecule has 3 rings (SSSR count). The van der Waals surface area contributed by atoms with Crippen molar-refractivity contribution in [3.05, 3.63) is 65.7 Å². The van der Waals surface area contributed by atoms with E-state index in [-0.39, 0.29) is 6.10 Å². The van der Waals surface area contributed by atoms with Gasteiger partial charge in [-0.3, -0.25) is 5.43 Å². The van der Waals surface area contributed by atoms with Crippen LogP contribution in [0.5, 0.6) is 0 Å². The largest absolute Gasteiger partial charge is 0.376 e. The third-order valence-electron chi connectivity index (χ3n) is 3.73. The molecule has 1 atom stereocenters. The van der Waals surface area contributed by atoms with E-state index in [4.69, 9.17) is 9.47 Å². The van der Waals surface area contributed by atoms with Gasteiger partial charge in [0, 0.05) is 6.61 Å². The summed E-state index contributed by atoms with van der Waals surface area (Å²) in [5.41, 5.74) is 6.18. The van der Waals surface area contributed by atoms with Gasteiger partial charge >= 0.3 is 0 Å². The maximum atomic E-state index is 5.75. The fraction of sp³-hybridized carbons (Fsp3) is 0.316. The van der Waals surface area contributed by atoms with Crippen LogP contribution < -0.4 is 5.43 Å². The summed E-state index contributed by atoms with van der Waals surface area (Å²) in [7, 11) is 0. The topological polar surface area (TPSA) is 42.9 Å². The average molecular weight is 310 g/mol. The van der Waals surface area contributed by atoms with E-state index in [0.29, 0.717) is 13.2 Å². The molecule has 0 saturated carbocycles. The highest BCUT2D eigenvalue weighted by Crippen LogP contribution is 2.13. The molecule has 23 heavy (non-hydrogen) atoms. The van der Waals surface area contributed by atoms with Crippen molar-refractivity contribution in [3.63, 3.8) is 0 Å². The van der Waals surface area contributed by atoms with Crippen molar-refractivity contribution in [1.82, 2.24) is 0 Å². The van der Waals surface area contributed by atoms with E-state index in [1.165, 1.54) is 0 Å². The smallest absolute Gasteiger partial charge is 0.0809 e. The molecule has 0 spiro atoms. The average Bonchev–Trinajstić information content (AvgIpc) is 3.10. The Morgan fingerprint density at radius 1 is 1.17 bits per heavy atom. The highest BCUT2D eigenvalue weighted by molar-refractivity contribution is 5.80. The highest BCUT2D eigenvalue weighted by atomic mass is 16.5. The molecule has 4 heteroatoms. The minimum atomic E-state index is 0.273. The summed E-state index contributed by atoms with van der Waals surface area (Å²) in [4.78, 5) is 0. The summed E-state index contributed by atoms with van der Waals surface area (Å²) in [5.74, 6) is 0. The van der Waals surface area contributed by atoms with Crippen LogP contribution in [-0.4, -0.2) is 25.5 Å². The molecule has 0 amide bonds. The van der Waals surface area contributed by atoms with Crippen molar-refractivity contribution in [1.29, 1.82) is 0 Å². The molecule has 0 radical (unpaired) electrons. The van der Waals surface area contributed by atoms with Crippen molar-refractivity contribution in [2.75, 3.05) is 18.6 Å². The SMILES string of the molecule is C(=NNc1ccccc1)c1cccc(COCC2CCCO2)c1. The van der Waals surface area contributed by atoms with Crippen LogP contribution in [0.15, 0.2) is 59.7 Å². The van der Waals surface area contributed by atoms with E-state index in [9.17, 15) is 0 Å². The van der Waals surface area contributed by atoms with Crippen LogP contribution in [0.3, 0.4) is 0 Å². The number of hydrazone groups is 1. The number of para-hydroxylation sites is 1. The first-order chi connectivity index (χ1) is 11.4. The van der Waals surface area contributed by atoms with Crippen molar-refractivity contribution >= 4 is 11.9 Å². The van der Waals surface area contributed by atoms with Gasteiger partial charge in [0.2, 0.25) is 0 Å². The van der Waals surface area contributed by atoms with Gasteiger partial charge in [-0.05, 0) is 42.2 Å². The number of hydrogen-bond donors (Lipinski definition) is 1. The molecule has 0 bridgehead atoms. The maximum absolute atomic E-state index is 5.75.